The molecule has 0 radical (unpaired) electrons. The predicted octanol–water partition coefficient (Wildman–Crippen LogP) is 0.901. The summed E-state index contributed by atoms with van der Waals surface area (Å²) in [5, 5.41) is 14.0. The van der Waals surface area contributed by atoms with Crippen LogP contribution < -0.4 is 11.2 Å². The molecule has 0 saturated heterocycles. The minimum Gasteiger partial charge on any atom is -0.375 e. The molecule has 1 rings (SSSR count). The number of nitrogens with zero attached hydrogens (tertiary/aromatic N) is 2. The van der Waals surface area contributed by atoms with Crippen LogP contribution in [0.3, 0.4) is 0 Å². The molecule has 0 fully saturated rings. The number of thiocarbonyl (C=S) groups is 1. The molecule has 0 spiro atoms. The molecule has 0 amide bonds. The standard InChI is InChI=1S/C8H7FN4O2S/c9-6-2-1-5(3-7(6)13(14)15)4-11-12-8(10)16/h1-4H,(H3,10,12,16)/b11-4+. The lowest BCUT2D eigenvalue weighted by atomic mass is 10.2. The van der Waals surface area contributed by atoms with E-state index in [1.54, 1.807) is 0 Å². The molecule has 3 N–H and O–H groups in total. The van der Waals surface area contributed by atoms with Crippen LogP contribution in [-0.2, 0) is 0 Å². The van der Waals surface area contributed by atoms with Gasteiger partial charge in [0.2, 0.25) is 5.82 Å². The van der Waals surface area contributed by atoms with E-state index in [1.165, 1.54) is 12.3 Å². The van der Waals surface area contributed by atoms with Gasteiger partial charge in [-0.25, -0.2) is 0 Å². The Hall–Kier alpha value is -2.09. The van der Waals surface area contributed by atoms with E-state index in [0.29, 0.717) is 5.56 Å². The molecule has 6 nitrogen and oxygen atoms in total. The van der Waals surface area contributed by atoms with Crippen LogP contribution in [0.4, 0.5) is 10.1 Å². The Morgan fingerprint density at radius 2 is 2.38 bits per heavy atom. The zero-order valence-corrected chi connectivity index (χ0v) is 8.70. The summed E-state index contributed by atoms with van der Waals surface area (Å²) in [6.07, 6.45) is 1.24. The molecule has 1 aromatic carbocycles. The number of hydrogen-bond acceptors (Lipinski definition) is 4. The van der Waals surface area contributed by atoms with Crippen LogP contribution in [0.5, 0.6) is 0 Å². The molecule has 0 aliphatic heterocycles. The van der Waals surface area contributed by atoms with Crippen LogP contribution in [0.1, 0.15) is 5.56 Å². The van der Waals surface area contributed by atoms with Gasteiger partial charge in [-0.2, -0.15) is 9.49 Å². The largest absolute Gasteiger partial charge is 0.375 e. The van der Waals surface area contributed by atoms with Gasteiger partial charge in [0.05, 0.1) is 11.1 Å². The van der Waals surface area contributed by atoms with Gasteiger partial charge < -0.3 is 5.73 Å². The average Bonchev–Trinajstić information content (AvgIpc) is 2.19. The number of nitro groups is 1. The predicted molar refractivity (Wildman–Crippen MR) is 60.6 cm³/mol. The van der Waals surface area contributed by atoms with E-state index in [1.807, 2.05) is 0 Å². The first kappa shape index (κ1) is 12.0. The number of nitrogens with two attached hydrogens (primary N) is 1. The maximum atomic E-state index is 12.9. The quantitative estimate of drug-likeness (QED) is 0.355. The Kier molecular flexibility index (Phi) is 3.84. The van der Waals surface area contributed by atoms with Crippen molar-refractivity contribution in [1.29, 1.82) is 0 Å². The van der Waals surface area contributed by atoms with Gasteiger partial charge in [-0.3, -0.25) is 15.5 Å². The van der Waals surface area contributed by atoms with E-state index in [0.717, 1.165) is 12.1 Å². The molecule has 0 atom stereocenters. The molecular formula is C8H7FN4O2S. The fourth-order valence-corrected chi connectivity index (χ4v) is 0.973. The average molecular weight is 242 g/mol. The first-order valence-corrected chi connectivity index (χ1v) is 4.44. The minimum atomic E-state index is -0.899. The first-order chi connectivity index (χ1) is 7.50. The Bertz CT molecular complexity index is 463. The Morgan fingerprint density at radius 3 is 2.94 bits per heavy atom. The van der Waals surface area contributed by atoms with Gasteiger partial charge in [0.1, 0.15) is 0 Å². The molecule has 84 valence electrons. The topological polar surface area (TPSA) is 93.5 Å². The van der Waals surface area contributed by atoms with Gasteiger partial charge in [0.25, 0.3) is 0 Å². The normalized spacial score (nSPS) is 10.3. The van der Waals surface area contributed by atoms with Crippen molar-refractivity contribution in [3.63, 3.8) is 0 Å². The molecule has 0 bridgehead atoms. The van der Waals surface area contributed by atoms with E-state index in [-0.39, 0.29) is 5.11 Å². The first-order valence-electron chi connectivity index (χ1n) is 4.03. The van der Waals surface area contributed by atoms with E-state index >= 15 is 0 Å². The second-order valence-electron chi connectivity index (χ2n) is 2.70. The van der Waals surface area contributed by atoms with Crippen molar-refractivity contribution < 1.29 is 9.31 Å². The summed E-state index contributed by atoms with van der Waals surface area (Å²) in [5.74, 6) is -0.899. The van der Waals surface area contributed by atoms with E-state index < -0.39 is 16.4 Å². The molecule has 1 aromatic rings. The van der Waals surface area contributed by atoms with E-state index in [4.69, 9.17) is 5.73 Å². The summed E-state index contributed by atoms with van der Waals surface area (Å²) >= 11 is 4.48. The van der Waals surface area contributed by atoms with Gasteiger partial charge in [0, 0.05) is 11.6 Å². The summed E-state index contributed by atoms with van der Waals surface area (Å²) in [4.78, 5) is 9.61. The number of benzene rings is 1. The summed E-state index contributed by atoms with van der Waals surface area (Å²) in [5.41, 5.74) is 7.12. The number of nitro benzene ring substituents is 1. The third-order valence-corrected chi connectivity index (χ3v) is 1.65. The molecule has 0 heterocycles. The lowest BCUT2D eigenvalue weighted by Gasteiger charge is -1.96. The van der Waals surface area contributed by atoms with Gasteiger partial charge in [0.15, 0.2) is 5.11 Å². The minimum absolute atomic E-state index is 0.0344. The second-order valence-corrected chi connectivity index (χ2v) is 3.14. The molecule has 0 unspecified atom stereocenters. The highest BCUT2D eigenvalue weighted by Crippen LogP contribution is 2.17. The van der Waals surface area contributed by atoms with Crippen molar-refractivity contribution >= 4 is 29.2 Å². The third-order valence-electron chi connectivity index (χ3n) is 1.56. The van der Waals surface area contributed by atoms with Gasteiger partial charge >= 0.3 is 5.69 Å². The van der Waals surface area contributed by atoms with Crippen molar-refractivity contribution in [2.45, 2.75) is 0 Å². The maximum absolute atomic E-state index is 12.9. The molecule has 0 saturated carbocycles. The van der Waals surface area contributed by atoms with Gasteiger partial charge in [-0.1, -0.05) is 0 Å². The number of nitrogens with one attached hydrogen (secondary N) is 1. The highest BCUT2D eigenvalue weighted by molar-refractivity contribution is 7.80. The summed E-state index contributed by atoms with van der Waals surface area (Å²) in [6.45, 7) is 0. The van der Waals surface area contributed by atoms with Crippen molar-refractivity contribution in [1.82, 2.24) is 5.43 Å². The van der Waals surface area contributed by atoms with Crippen molar-refractivity contribution in [2.75, 3.05) is 0 Å². The van der Waals surface area contributed by atoms with Crippen LogP contribution >= 0.6 is 12.2 Å². The highest BCUT2D eigenvalue weighted by atomic mass is 32.1. The second kappa shape index (κ2) is 5.12. The fraction of sp³-hybridized carbons (Fsp3) is 0. The molecule has 0 aliphatic carbocycles. The van der Waals surface area contributed by atoms with Crippen LogP contribution in [-0.4, -0.2) is 16.3 Å². The van der Waals surface area contributed by atoms with Crippen molar-refractivity contribution in [3.8, 4) is 0 Å². The van der Waals surface area contributed by atoms with Crippen LogP contribution in [0.25, 0.3) is 0 Å². The number of hydrazone groups is 1. The van der Waals surface area contributed by atoms with Crippen LogP contribution in [0.15, 0.2) is 23.3 Å². The van der Waals surface area contributed by atoms with E-state index in [9.17, 15) is 14.5 Å². The fourth-order valence-electron chi connectivity index (χ4n) is 0.920. The van der Waals surface area contributed by atoms with E-state index in [2.05, 4.69) is 22.7 Å². The summed E-state index contributed by atoms with van der Waals surface area (Å²) in [7, 11) is 0. The number of rotatable bonds is 3. The summed E-state index contributed by atoms with van der Waals surface area (Å²) in [6, 6.07) is 3.38. The molecule has 0 aromatic heterocycles. The SMILES string of the molecule is NC(=S)N/N=C/c1ccc(F)c([N+](=O)[O-])c1. The maximum Gasteiger partial charge on any atom is 0.305 e. The van der Waals surface area contributed by atoms with Crippen molar-refractivity contribution in [2.24, 2.45) is 10.8 Å². The smallest absolute Gasteiger partial charge is 0.305 e. The molecule has 16 heavy (non-hydrogen) atoms. The Balaban J connectivity index is 2.91. The molecule has 0 aliphatic rings. The zero-order chi connectivity index (χ0) is 12.1. The van der Waals surface area contributed by atoms with Crippen molar-refractivity contribution in [3.05, 3.63) is 39.7 Å². The zero-order valence-electron chi connectivity index (χ0n) is 7.88. The number of halogens is 1. The lowest BCUT2D eigenvalue weighted by molar-refractivity contribution is -0.387. The monoisotopic (exact) mass is 242 g/mol. The van der Waals surface area contributed by atoms with Gasteiger partial charge in [-0.05, 0) is 24.4 Å². The lowest BCUT2D eigenvalue weighted by Crippen LogP contribution is -2.23. The third kappa shape index (κ3) is 3.24. The Labute approximate surface area is 95.1 Å². The highest BCUT2D eigenvalue weighted by Gasteiger charge is 2.13. The number of hydrogen-bond donors (Lipinski definition) is 2. The van der Waals surface area contributed by atoms with Crippen LogP contribution in [0, 0.1) is 15.9 Å². The molecular weight excluding hydrogens is 235 g/mol. The van der Waals surface area contributed by atoms with Gasteiger partial charge in [-0.15, -0.1) is 0 Å². The van der Waals surface area contributed by atoms with Crippen LogP contribution in [0.2, 0.25) is 0 Å². The summed E-state index contributed by atoms with van der Waals surface area (Å²) < 4.78 is 12.9. The molecule has 8 heteroatoms. The Morgan fingerprint density at radius 1 is 1.69 bits per heavy atom.